The fraction of sp³-hybridized carbons (Fsp3) is 0.267. The van der Waals surface area contributed by atoms with Gasteiger partial charge in [-0.05, 0) is 37.1 Å². The van der Waals surface area contributed by atoms with E-state index in [0.717, 1.165) is 27.9 Å². The van der Waals surface area contributed by atoms with Crippen LogP contribution in [0.3, 0.4) is 0 Å². The lowest BCUT2D eigenvalue weighted by atomic mass is 9.98. The van der Waals surface area contributed by atoms with E-state index in [1.54, 1.807) is 19.2 Å². The third kappa shape index (κ3) is 2.25. The standard InChI is InChI=1S/C15H14FN3O3S/c1-8-17-6-14-15-12(5-10(19(8)14)7-23(20,21)22)11-4-9(16)2-3-13(11)18-15/h2-4,6,10,18H,5,7H2,1H3,(H,20,21,22). The maximum Gasteiger partial charge on any atom is 0.266 e. The Morgan fingerprint density at radius 1 is 1.48 bits per heavy atom. The van der Waals surface area contributed by atoms with Gasteiger partial charge in [0.15, 0.2) is 0 Å². The van der Waals surface area contributed by atoms with Crippen molar-refractivity contribution < 1.29 is 17.4 Å². The highest BCUT2D eigenvalue weighted by Gasteiger charge is 2.31. The summed E-state index contributed by atoms with van der Waals surface area (Å²) < 4.78 is 47.4. The van der Waals surface area contributed by atoms with Gasteiger partial charge in [-0.25, -0.2) is 9.37 Å². The molecule has 3 aromatic rings. The zero-order valence-corrected chi connectivity index (χ0v) is 13.1. The lowest BCUT2D eigenvalue weighted by molar-refractivity contribution is 0.453. The topological polar surface area (TPSA) is 88.0 Å². The van der Waals surface area contributed by atoms with Gasteiger partial charge >= 0.3 is 0 Å². The SMILES string of the molecule is Cc1ncc2n1C(CS(=O)(=O)O)Cc1c-2[nH]c2ccc(F)cc12. The highest BCUT2D eigenvalue weighted by Crippen LogP contribution is 2.39. The third-order valence-corrected chi connectivity index (χ3v) is 5.12. The van der Waals surface area contributed by atoms with Crippen LogP contribution in [-0.2, 0) is 16.5 Å². The molecule has 1 aliphatic heterocycles. The highest BCUT2D eigenvalue weighted by atomic mass is 32.2. The molecule has 0 amide bonds. The van der Waals surface area contributed by atoms with E-state index in [-0.39, 0.29) is 5.82 Å². The number of hydrogen-bond donors (Lipinski definition) is 2. The number of hydrogen-bond acceptors (Lipinski definition) is 3. The van der Waals surface area contributed by atoms with Crippen LogP contribution in [0.1, 0.15) is 17.4 Å². The van der Waals surface area contributed by atoms with Gasteiger partial charge in [-0.3, -0.25) is 4.55 Å². The Labute approximate surface area is 131 Å². The average Bonchev–Trinajstić information content (AvgIpc) is 2.99. The normalized spacial score (nSPS) is 17.3. The number of benzene rings is 1. The molecule has 1 atom stereocenters. The average molecular weight is 335 g/mol. The van der Waals surface area contributed by atoms with Crippen molar-refractivity contribution in [2.24, 2.45) is 0 Å². The van der Waals surface area contributed by atoms with Crippen LogP contribution in [0.25, 0.3) is 22.3 Å². The molecule has 2 aromatic heterocycles. The van der Waals surface area contributed by atoms with Gasteiger partial charge in [0.2, 0.25) is 0 Å². The molecule has 6 nitrogen and oxygen atoms in total. The molecule has 120 valence electrons. The summed E-state index contributed by atoms with van der Waals surface area (Å²) in [6, 6.07) is 4.00. The van der Waals surface area contributed by atoms with E-state index in [4.69, 9.17) is 0 Å². The van der Waals surface area contributed by atoms with E-state index in [0.29, 0.717) is 12.2 Å². The maximum absolute atomic E-state index is 13.6. The van der Waals surface area contributed by atoms with E-state index in [1.165, 1.54) is 12.1 Å². The Hall–Kier alpha value is -2.19. The van der Waals surface area contributed by atoms with Gasteiger partial charge in [-0.2, -0.15) is 8.42 Å². The number of rotatable bonds is 2. The first-order chi connectivity index (χ1) is 10.8. The van der Waals surface area contributed by atoms with Crippen molar-refractivity contribution in [3.63, 3.8) is 0 Å². The van der Waals surface area contributed by atoms with Gasteiger partial charge in [0.05, 0.1) is 29.4 Å². The Bertz CT molecular complexity index is 1040. The second-order valence-electron chi connectivity index (χ2n) is 5.84. The monoisotopic (exact) mass is 335 g/mol. The van der Waals surface area contributed by atoms with Crippen molar-refractivity contribution in [1.29, 1.82) is 0 Å². The summed E-state index contributed by atoms with van der Waals surface area (Å²) in [6.45, 7) is 1.79. The molecule has 8 heteroatoms. The number of H-pyrrole nitrogens is 1. The molecule has 1 aliphatic rings. The van der Waals surface area contributed by atoms with Gasteiger partial charge in [0.25, 0.3) is 10.1 Å². The summed E-state index contributed by atoms with van der Waals surface area (Å²) in [5.41, 5.74) is 3.20. The largest absolute Gasteiger partial charge is 0.353 e. The van der Waals surface area contributed by atoms with Crippen LogP contribution >= 0.6 is 0 Å². The van der Waals surface area contributed by atoms with Crippen molar-refractivity contribution in [2.45, 2.75) is 19.4 Å². The quantitative estimate of drug-likeness (QED) is 0.704. The second kappa shape index (κ2) is 4.65. The smallest absolute Gasteiger partial charge is 0.266 e. The molecule has 0 aliphatic carbocycles. The summed E-state index contributed by atoms with van der Waals surface area (Å²) in [7, 11) is -4.14. The second-order valence-corrected chi connectivity index (χ2v) is 7.33. The predicted molar refractivity (Wildman–Crippen MR) is 83.4 cm³/mol. The molecule has 4 rings (SSSR count). The Morgan fingerprint density at radius 3 is 3.00 bits per heavy atom. The molecule has 1 aromatic carbocycles. The Balaban J connectivity index is 1.97. The lowest BCUT2D eigenvalue weighted by Crippen LogP contribution is -2.26. The molecule has 0 fully saturated rings. The van der Waals surface area contributed by atoms with Gasteiger partial charge in [0, 0.05) is 10.9 Å². The van der Waals surface area contributed by atoms with Crippen LogP contribution < -0.4 is 0 Å². The van der Waals surface area contributed by atoms with E-state index in [9.17, 15) is 17.4 Å². The van der Waals surface area contributed by atoms with E-state index < -0.39 is 21.9 Å². The number of nitrogens with zero attached hydrogens (tertiary/aromatic N) is 2. The predicted octanol–water partition coefficient (Wildman–Crippen LogP) is 2.46. The first-order valence-electron chi connectivity index (χ1n) is 7.13. The minimum atomic E-state index is -4.14. The van der Waals surface area contributed by atoms with Crippen LogP contribution in [0, 0.1) is 12.7 Å². The minimum Gasteiger partial charge on any atom is -0.353 e. The molecular weight excluding hydrogens is 321 g/mol. The van der Waals surface area contributed by atoms with E-state index in [2.05, 4.69) is 9.97 Å². The third-order valence-electron chi connectivity index (χ3n) is 4.31. The van der Waals surface area contributed by atoms with E-state index >= 15 is 0 Å². The Kier molecular flexibility index (Phi) is 2.91. The van der Waals surface area contributed by atoms with Crippen LogP contribution in [0.4, 0.5) is 4.39 Å². The number of aromatic nitrogens is 3. The lowest BCUT2D eigenvalue weighted by Gasteiger charge is -2.26. The van der Waals surface area contributed by atoms with Crippen LogP contribution in [0.15, 0.2) is 24.4 Å². The summed E-state index contributed by atoms with van der Waals surface area (Å²) in [5.74, 6) is -0.0800. The first kappa shape index (κ1) is 14.4. The zero-order valence-electron chi connectivity index (χ0n) is 12.2. The van der Waals surface area contributed by atoms with Gasteiger partial charge in [-0.1, -0.05) is 0 Å². The van der Waals surface area contributed by atoms with Gasteiger partial charge < -0.3 is 9.55 Å². The molecule has 1 unspecified atom stereocenters. The fourth-order valence-electron chi connectivity index (χ4n) is 3.45. The van der Waals surface area contributed by atoms with Crippen LogP contribution in [0.5, 0.6) is 0 Å². The highest BCUT2D eigenvalue weighted by molar-refractivity contribution is 7.85. The molecule has 3 heterocycles. The number of nitrogens with one attached hydrogen (secondary N) is 1. The maximum atomic E-state index is 13.6. The summed E-state index contributed by atoms with van der Waals surface area (Å²) in [4.78, 5) is 7.51. The number of fused-ring (bicyclic) bond motifs is 5. The number of halogens is 1. The minimum absolute atomic E-state index is 0.346. The molecule has 0 bridgehead atoms. The summed E-state index contributed by atoms with van der Waals surface area (Å²) >= 11 is 0. The van der Waals surface area contributed by atoms with Gasteiger partial charge in [0.1, 0.15) is 11.6 Å². The van der Waals surface area contributed by atoms with E-state index in [1.807, 2.05) is 4.57 Å². The molecule has 0 radical (unpaired) electrons. The molecular formula is C15H14FN3O3S. The fourth-order valence-corrected chi connectivity index (χ4v) is 4.21. The van der Waals surface area contributed by atoms with Crippen molar-refractivity contribution in [1.82, 2.24) is 14.5 Å². The number of aryl methyl sites for hydroxylation is 1. The number of imidazole rings is 1. The first-order valence-corrected chi connectivity index (χ1v) is 8.74. The van der Waals surface area contributed by atoms with Gasteiger partial charge in [-0.15, -0.1) is 0 Å². The van der Waals surface area contributed by atoms with Crippen LogP contribution in [0.2, 0.25) is 0 Å². The molecule has 23 heavy (non-hydrogen) atoms. The number of aromatic amines is 1. The Morgan fingerprint density at radius 2 is 2.26 bits per heavy atom. The van der Waals surface area contributed by atoms with Crippen molar-refractivity contribution in [2.75, 3.05) is 5.75 Å². The molecule has 0 saturated carbocycles. The zero-order chi connectivity index (χ0) is 16.4. The van der Waals surface area contributed by atoms with Crippen molar-refractivity contribution in [3.8, 4) is 11.4 Å². The summed E-state index contributed by atoms with van der Waals surface area (Å²) in [6.07, 6.45) is 2.04. The summed E-state index contributed by atoms with van der Waals surface area (Å²) in [5, 5.41) is 0.727. The van der Waals surface area contributed by atoms with Crippen LogP contribution in [-0.4, -0.2) is 33.3 Å². The molecule has 2 N–H and O–H groups in total. The van der Waals surface area contributed by atoms with Crippen molar-refractivity contribution in [3.05, 3.63) is 41.6 Å². The molecule has 0 spiro atoms. The molecule has 0 saturated heterocycles. The van der Waals surface area contributed by atoms with Crippen molar-refractivity contribution >= 4 is 21.0 Å².